The summed E-state index contributed by atoms with van der Waals surface area (Å²) in [5, 5.41) is 0. The molecule has 2 aromatic rings. The maximum Gasteiger partial charge on any atom is 0.164 e. The molecule has 1 heterocycles. The average molecular weight is 457 g/mol. The summed E-state index contributed by atoms with van der Waals surface area (Å²) in [5.74, 6) is 1.17. The molecule has 2 aromatic carbocycles. The molecule has 2 nitrogen and oxygen atoms in total. The third-order valence-corrected chi connectivity index (χ3v) is 4.99. The number of Topliss-reactive ketones (excluding diaryl/α,β-unsaturated/α-hetero) is 1. The van der Waals surface area contributed by atoms with E-state index in [1.807, 2.05) is 24.3 Å². The largest absolute Gasteiger partial charge is 0.493 e. The molecule has 0 unspecified atom stereocenters. The Hall–Kier alpha value is -0.880. The minimum Gasteiger partial charge on any atom is -0.493 e. The lowest BCUT2D eigenvalue weighted by atomic mass is 10.0. The molecule has 0 bridgehead atoms. The summed E-state index contributed by atoms with van der Waals surface area (Å²) in [4.78, 5) is 12.4. The Labute approximate surface area is 146 Å². The Morgan fingerprint density at radius 1 is 1.24 bits per heavy atom. The molecule has 0 saturated carbocycles. The van der Waals surface area contributed by atoms with Crippen molar-refractivity contribution in [2.45, 2.75) is 19.3 Å². The summed E-state index contributed by atoms with van der Waals surface area (Å²) >= 11 is 5.69. The van der Waals surface area contributed by atoms with Gasteiger partial charge in [-0.15, -0.1) is 0 Å². The average Bonchev–Trinajstić information content (AvgIpc) is 2.94. The van der Waals surface area contributed by atoms with Crippen molar-refractivity contribution in [3.63, 3.8) is 0 Å². The quantitative estimate of drug-likeness (QED) is 0.487. The van der Waals surface area contributed by atoms with E-state index in [0.29, 0.717) is 6.42 Å². The molecule has 3 rings (SSSR count). The van der Waals surface area contributed by atoms with Crippen LogP contribution in [0.3, 0.4) is 0 Å². The van der Waals surface area contributed by atoms with Crippen LogP contribution in [0.15, 0.2) is 40.9 Å². The summed E-state index contributed by atoms with van der Waals surface area (Å²) in [6.45, 7) is 0.771. The highest BCUT2D eigenvalue weighted by molar-refractivity contribution is 14.1. The van der Waals surface area contributed by atoms with Crippen LogP contribution >= 0.6 is 38.5 Å². The third kappa shape index (κ3) is 3.48. The molecule has 0 saturated heterocycles. The van der Waals surface area contributed by atoms with Crippen molar-refractivity contribution in [3.8, 4) is 5.75 Å². The maximum atomic E-state index is 12.4. The molecular formula is C17H14BrIO2. The minimum atomic E-state index is 0.178. The third-order valence-electron chi connectivity index (χ3n) is 3.62. The monoisotopic (exact) mass is 456 g/mol. The van der Waals surface area contributed by atoms with Gasteiger partial charge in [0, 0.05) is 26.4 Å². The van der Waals surface area contributed by atoms with Crippen LogP contribution in [0.4, 0.5) is 0 Å². The lowest BCUT2D eigenvalue weighted by molar-refractivity contribution is 0.0982. The normalized spacial score (nSPS) is 12.9. The standard InChI is InChI=1S/C17H14BrIO2/c18-15-4-3-13(19)10-14(15)16(20)5-1-11-2-6-17-12(9-11)7-8-21-17/h2-4,6,9-10H,1,5,7-8H2. The number of hydrogen-bond donors (Lipinski definition) is 0. The van der Waals surface area contributed by atoms with E-state index in [2.05, 4.69) is 50.7 Å². The Bertz CT molecular complexity index is 697. The molecule has 0 atom stereocenters. The smallest absolute Gasteiger partial charge is 0.164 e. The van der Waals surface area contributed by atoms with Crippen LogP contribution in [-0.4, -0.2) is 12.4 Å². The number of aryl methyl sites for hydroxylation is 1. The van der Waals surface area contributed by atoms with Crippen molar-refractivity contribution in [1.82, 2.24) is 0 Å². The van der Waals surface area contributed by atoms with Crippen LogP contribution in [0.2, 0.25) is 0 Å². The zero-order chi connectivity index (χ0) is 14.8. The number of halogens is 2. The lowest BCUT2D eigenvalue weighted by Crippen LogP contribution is -2.03. The molecule has 1 aliphatic rings. The molecule has 0 radical (unpaired) electrons. The van der Waals surface area contributed by atoms with E-state index in [1.165, 1.54) is 11.1 Å². The number of hydrogen-bond acceptors (Lipinski definition) is 2. The summed E-state index contributed by atoms with van der Waals surface area (Å²) in [6.07, 6.45) is 2.27. The molecule has 108 valence electrons. The van der Waals surface area contributed by atoms with Crippen molar-refractivity contribution < 1.29 is 9.53 Å². The van der Waals surface area contributed by atoms with Crippen LogP contribution in [0, 0.1) is 3.57 Å². The molecule has 0 aromatic heterocycles. The maximum absolute atomic E-state index is 12.4. The Balaban J connectivity index is 1.70. The fourth-order valence-corrected chi connectivity index (χ4v) is 3.46. The van der Waals surface area contributed by atoms with Gasteiger partial charge in [0.2, 0.25) is 0 Å². The minimum absolute atomic E-state index is 0.178. The first-order valence-electron chi connectivity index (χ1n) is 6.86. The van der Waals surface area contributed by atoms with Gasteiger partial charge in [0.25, 0.3) is 0 Å². The Morgan fingerprint density at radius 3 is 2.95 bits per heavy atom. The van der Waals surface area contributed by atoms with E-state index < -0.39 is 0 Å². The molecule has 0 fully saturated rings. The van der Waals surface area contributed by atoms with Crippen LogP contribution in [0.1, 0.15) is 27.9 Å². The van der Waals surface area contributed by atoms with E-state index >= 15 is 0 Å². The number of fused-ring (bicyclic) bond motifs is 1. The number of benzene rings is 2. The predicted octanol–water partition coefficient (Wildman–Crippen LogP) is 4.80. The number of carbonyl (C=O) groups excluding carboxylic acids is 1. The van der Waals surface area contributed by atoms with Gasteiger partial charge in [-0.05, 0) is 64.4 Å². The first-order chi connectivity index (χ1) is 10.1. The van der Waals surface area contributed by atoms with Crippen LogP contribution in [-0.2, 0) is 12.8 Å². The summed E-state index contributed by atoms with van der Waals surface area (Å²) in [5.41, 5.74) is 3.23. The Kier molecular flexibility index (Phi) is 4.64. The highest BCUT2D eigenvalue weighted by Crippen LogP contribution is 2.27. The zero-order valence-electron chi connectivity index (χ0n) is 11.4. The highest BCUT2D eigenvalue weighted by atomic mass is 127. The van der Waals surface area contributed by atoms with E-state index in [-0.39, 0.29) is 5.78 Å². The van der Waals surface area contributed by atoms with Crippen molar-refractivity contribution in [3.05, 3.63) is 61.1 Å². The molecule has 4 heteroatoms. The first kappa shape index (κ1) is 15.0. The van der Waals surface area contributed by atoms with Crippen molar-refractivity contribution in [2.75, 3.05) is 6.61 Å². The second kappa shape index (κ2) is 6.48. The van der Waals surface area contributed by atoms with Crippen molar-refractivity contribution in [2.24, 2.45) is 0 Å². The second-order valence-corrected chi connectivity index (χ2v) is 7.19. The fraction of sp³-hybridized carbons (Fsp3) is 0.235. The van der Waals surface area contributed by atoms with Gasteiger partial charge in [-0.3, -0.25) is 4.79 Å². The highest BCUT2D eigenvalue weighted by Gasteiger charge is 2.14. The zero-order valence-corrected chi connectivity index (χ0v) is 15.1. The number of ether oxygens (including phenoxy) is 1. The summed E-state index contributed by atoms with van der Waals surface area (Å²) < 4.78 is 7.45. The molecule has 21 heavy (non-hydrogen) atoms. The van der Waals surface area contributed by atoms with E-state index in [0.717, 1.165) is 38.8 Å². The van der Waals surface area contributed by atoms with E-state index in [4.69, 9.17) is 4.74 Å². The molecule has 0 spiro atoms. The van der Waals surface area contributed by atoms with Gasteiger partial charge in [0.05, 0.1) is 6.61 Å². The molecule has 0 amide bonds. The number of carbonyl (C=O) groups is 1. The molecule has 1 aliphatic heterocycles. The molecular weight excluding hydrogens is 443 g/mol. The number of rotatable bonds is 4. The van der Waals surface area contributed by atoms with Crippen molar-refractivity contribution in [1.29, 1.82) is 0 Å². The van der Waals surface area contributed by atoms with Gasteiger partial charge >= 0.3 is 0 Å². The topological polar surface area (TPSA) is 26.3 Å². The predicted molar refractivity (Wildman–Crippen MR) is 95.2 cm³/mol. The van der Waals surface area contributed by atoms with Gasteiger partial charge in [0.15, 0.2) is 5.78 Å². The first-order valence-corrected chi connectivity index (χ1v) is 8.73. The van der Waals surface area contributed by atoms with Crippen LogP contribution < -0.4 is 4.74 Å². The summed E-state index contributed by atoms with van der Waals surface area (Å²) in [6, 6.07) is 12.1. The number of ketones is 1. The second-order valence-electron chi connectivity index (χ2n) is 5.09. The molecule has 0 N–H and O–H groups in total. The molecule has 0 aliphatic carbocycles. The van der Waals surface area contributed by atoms with Gasteiger partial charge < -0.3 is 4.74 Å². The Morgan fingerprint density at radius 2 is 2.10 bits per heavy atom. The lowest BCUT2D eigenvalue weighted by Gasteiger charge is -2.06. The fourth-order valence-electron chi connectivity index (χ4n) is 2.50. The SMILES string of the molecule is O=C(CCc1ccc2c(c1)CCO2)c1cc(I)ccc1Br. The van der Waals surface area contributed by atoms with Crippen LogP contribution in [0.25, 0.3) is 0 Å². The van der Waals surface area contributed by atoms with Gasteiger partial charge in [-0.2, -0.15) is 0 Å². The van der Waals surface area contributed by atoms with E-state index in [9.17, 15) is 4.79 Å². The van der Waals surface area contributed by atoms with Gasteiger partial charge in [-0.1, -0.05) is 28.1 Å². The van der Waals surface area contributed by atoms with Gasteiger partial charge in [-0.25, -0.2) is 0 Å². The van der Waals surface area contributed by atoms with Gasteiger partial charge in [0.1, 0.15) is 5.75 Å². The summed E-state index contributed by atoms with van der Waals surface area (Å²) in [7, 11) is 0. The van der Waals surface area contributed by atoms with E-state index in [1.54, 1.807) is 0 Å². The van der Waals surface area contributed by atoms with Crippen molar-refractivity contribution >= 4 is 44.3 Å². The van der Waals surface area contributed by atoms with Crippen LogP contribution in [0.5, 0.6) is 5.75 Å².